The average molecular weight is 636 g/mol. The predicted molar refractivity (Wildman–Crippen MR) is 140 cm³/mol. The maximum Gasteiger partial charge on any atom is 0.338 e. The van der Waals surface area contributed by atoms with E-state index in [9.17, 15) is 70.6 Å². The van der Waals surface area contributed by atoms with Crippen LogP contribution < -0.4 is 0 Å². The second kappa shape index (κ2) is 12.4. The third kappa shape index (κ3) is 6.56. The van der Waals surface area contributed by atoms with E-state index in [0.717, 1.165) is 12.1 Å². The van der Waals surface area contributed by atoms with E-state index in [1.165, 1.54) is 0 Å². The molecule has 1 aliphatic rings. The van der Waals surface area contributed by atoms with Crippen molar-refractivity contribution in [2.45, 2.75) is 30.7 Å². The lowest BCUT2D eigenvalue weighted by molar-refractivity contribution is -0.284. The highest BCUT2D eigenvalue weighted by atomic mass is 16.7. The van der Waals surface area contributed by atoms with Crippen molar-refractivity contribution in [2.75, 3.05) is 6.61 Å². The summed E-state index contributed by atoms with van der Waals surface area (Å²) in [6, 6.07) is 4.20. The number of aliphatic hydroxyl groups excluding tert-OH is 2. The predicted octanol–water partition coefficient (Wildman–Crippen LogP) is -0.277. The summed E-state index contributed by atoms with van der Waals surface area (Å²) in [6.07, 6.45) is -10.1. The summed E-state index contributed by atoms with van der Waals surface area (Å²) in [5.41, 5.74) is -1.62. The quantitative estimate of drug-likeness (QED) is 0.0902. The van der Waals surface area contributed by atoms with Crippen molar-refractivity contribution in [1.29, 1.82) is 0 Å². The summed E-state index contributed by atoms with van der Waals surface area (Å²) < 4.78 is 20.6. The number of hydrogen-bond donors (Lipinski definition) is 11. The lowest BCUT2D eigenvalue weighted by atomic mass is 9.98. The maximum absolute atomic E-state index is 12.9. The number of esters is 3. The van der Waals surface area contributed by atoms with Crippen molar-refractivity contribution >= 4 is 17.9 Å². The van der Waals surface area contributed by atoms with Crippen LogP contribution >= 0.6 is 0 Å². The lowest BCUT2D eigenvalue weighted by Crippen LogP contribution is -2.61. The highest BCUT2D eigenvalue weighted by Gasteiger charge is 2.50. The summed E-state index contributed by atoms with van der Waals surface area (Å²) in [5.74, 6) is -12.3. The third-order valence-corrected chi connectivity index (χ3v) is 6.42. The van der Waals surface area contributed by atoms with Gasteiger partial charge in [0, 0.05) is 0 Å². The molecular weight excluding hydrogens is 612 g/mol. The van der Waals surface area contributed by atoms with Crippen LogP contribution in [0.3, 0.4) is 0 Å². The second-order valence-corrected chi connectivity index (χ2v) is 9.48. The molecule has 4 rings (SSSR count). The first-order valence-corrected chi connectivity index (χ1v) is 12.4. The van der Waals surface area contributed by atoms with Crippen molar-refractivity contribution in [3.63, 3.8) is 0 Å². The second-order valence-electron chi connectivity index (χ2n) is 9.48. The van der Waals surface area contributed by atoms with Crippen LogP contribution in [-0.4, -0.2) is 111 Å². The van der Waals surface area contributed by atoms with Crippen LogP contribution in [0, 0.1) is 0 Å². The minimum absolute atomic E-state index is 0.476. The maximum atomic E-state index is 12.9. The number of phenols is 9. The number of carbonyl (C=O) groups is 3. The molecule has 11 N–H and O–H groups in total. The van der Waals surface area contributed by atoms with Gasteiger partial charge in [-0.1, -0.05) is 0 Å². The molecule has 1 fully saturated rings. The van der Waals surface area contributed by atoms with Crippen molar-refractivity contribution in [1.82, 2.24) is 0 Å². The van der Waals surface area contributed by atoms with E-state index in [0.29, 0.717) is 24.3 Å². The molecular formula is C27H24O18. The van der Waals surface area contributed by atoms with E-state index in [-0.39, 0.29) is 0 Å². The van der Waals surface area contributed by atoms with Crippen LogP contribution in [0.1, 0.15) is 31.1 Å². The Balaban J connectivity index is 1.60. The van der Waals surface area contributed by atoms with Gasteiger partial charge >= 0.3 is 17.9 Å². The first-order valence-electron chi connectivity index (χ1n) is 12.4. The first kappa shape index (κ1) is 32.1. The highest BCUT2D eigenvalue weighted by Crippen LogP contribution is 2.38. The molecule has 0 saturated carbocycles. The van der Waals surface area contributed by atoms with Gasteiger partial charge in [0.2, 0.25) is 0 Å². The molecule has 0 aromatic heterocycles. The van der Waals surface area contributed by atoms with E-state index < -0.39 is 124 Å². The first-order chi connectivity index (χ1) is 21.1. The Morgan fingerprint density at radius 2 is 0.889 bits per heavy atom. The van der Waals surface area contributed by atoms with Crippen LogP contribution in [0.2, 0.25) is 0 Å². The average Bonchev–Trinajstić information content (AvgIpc) is 2.98. The number of benzene rings is 3. The number of hydrogen-bond acceptors (Lipinski definition) is 18. The van der Waals surface area contributed by atoms with E-state index in [4.69, 9.17) is 18.9 Å². The molecule has 0 amide bonds. The molecule has 5 atom stereocenters. The molecule has 0 bridgehead atoms. The van der Waals surface area contributed by atoms with Crippen molar-refractivity contribution < 1.29 is 89.5 Å². The minimum atomic E-state index is -2.20. The van der Waals surface area contributed by atoms with Gasteiger partial charge in [0.25, 0.3) is 0 Å². The molecule has 3 aromatic rings. The topological polar surface area (TPSA) is 311 Å². The van der Waals surface area contributed by atoms with Crippen LogP contribution in [0.15, 0.2) is 36.4 Å². The molecule has 1 heterocycles. The summed E-state index contributed by atoms with van der Waals surface area (Å²) in [5, 5.41) is 108. The number of aromatic hydroxyl groups is 9. The van der Waals surface area contributed by atoms with Crippen molar-refractivity contribution in [3.8, 4) is 51.7 Å². The van der Waals surface area contributed by atoms with Crippen molar-refractivity contribution in [3.05, 3.63) is 53.1 Å². The Labute approximate surface area is 249 Å². The zero-order valence-corrected chi connectivity index (χ0v) is 22.3. The Morgan fingerprint density at radius 3 is 1.27 bits per heavy atom. The van der Waals surface area contributed by atoms with E-state index >= 15 is 0 Å². The van der Waals surface area contributed by atoms with E-state index in [1.807, 2.05) is 0 Å². The Hall–Kier alpha value is -5.85. The van der Waals surface area contributed by atoms with Gasteiger partial charge in [-0.25, -0.2) is 14.4 Å². The van der Waals surface area contributed by atoms with Crippen LogP contribution in [0.5, 0.6) is 51.7 Å². The van der Waals surface area contributed by atoms with Crippen LogP contribution in [0.25, 0.3) is 0 Å². The zero-order chi connectivity index (χ0) is 33.3. The van der Waals surface area contributed by atoms with Gasteiger partial charge < -0.3 is 75.1 Å². The van der Waals surface area contributed by atoms with Gasteiger partial charge in [0.15, 0.2) is 70.2 Å². The normalized spacial score (nSPS) is 21.1. The van der Waals surface area contributed by atoms with Crippen LogP contribution in [0.4, 0.5) is 0 Å². The highest BCUT2D eigenvalue weighted by molar-refractivity contribution is 5.92. The standard InChI is InChI=1S/C27H24O18/c28-11-1-8(2-12(29)18(11)34)24(38)42-7-17-22(44-25(39)9-3-13(30)19(35)14(31)4-9)21(37)23(27(41)43-17)45-26(40)10-5-15(32)20(36)16(33)6-10/h1-6,17,21-23,27-37,41H,7H2/t17-,21+,22-,23-,27-/m1/s1. The zero-order valence-electron chi connectivity index (χ0n) is 22.3. The lowest BCUT2D eigenvalue weighted by Gasteiger charge is -2.41. The summed E-state index contributed by atoms with van der Waals surface area (Å²) in [4.78, 5) is 38.1. The number of ether oxygens (including phenoxy) is 4. The molecule has 240 valence electrons. The molecule has 3 aromatic carbocycles. The van der Waals surface area contributed by atoms with E-state index in [1.54, 1.807) is 0 Å². The number of phenolic OH excluding ortho intramolecular Hbond substituents is 9. The molecule has 0 spiro atoms. The SMILES string of the molecule is O=C(OC[C@H]1O[C@@H](O)[C@H](OC(=O)c2cc(O)c(O)c(O)c2)[C@@H](O)[C@@H]1OC(=O)c1cc(O)c(O)c(O)c1)c1cc(O)c(O)c(O)c1. The summed E-state index contributed by atoms with van der Waals surface area (Å²) in [7, 11) is 0. The van der Waals surface area contributed by atoms with Gasteiger partial charge in [-0.3, -0.25) is 0 Å². The molecule has 0 aliphatic carbocycles. The molecule has 45 heavy (non-hydrogen) atoms. The largest absolute Gasteiger partial charge is 0.504 e. The number of carbonyl (C=O) groups excluding carboxylic acids is 3. The van der Waals surface area contributed by atoms with Gasteiger partial charge in [-0.05, 0) is 36.4 Å². The Bertz CT molecular complexity index is 1580. The Kier molecular flexibility index (Phi) is 8.84. The van der Waals surface area contributed by atoms with Crippen molar-refractivity contribution in [2.24, 2.45) is 0 Å². The fourth-order valence-electron chi connectivity index (χ4n) is 4.11. The molecule has 0 radical (unpaired) electrons. The Morgan fingerprint density at radius 1 is 0.556 bits per heavy atom. The fourth-order valence-corrected chi connectivity index (χ4v) is 4.11. The number of aliphatic hydroxyl groups is 2. The molecule has 0 unspecified atom stereocenters. The molecule has 18 heteroatoms. The van der Waals surface area contributed by atoms with Gasteiger partial charge in [-0.15, -0.1) is 0 Å². The van der Waals surface area contributed by atoms with Gasteiger partial charge in [-0.2, -0.15) is 0 Å². The summed E-state index contributed by atoms with van der Waals surface area (Å²) >= 11 is 0. The molecule has 18 nitrogen and oxygen atoms in total. The van der Waals surface area contributed by atoms with Gasteiger partial charge in [0.05, 0.1) is 16.7 Å². The van der Waals surface area contributed by atoms with Gasteiger partial charge in [0.1, 0.15) is 18.8 Å². The monoisotopic (exact) mass is 636 g/mol. The summed E-state index contributed by atoms with van der Waals surface area (Å²) in [6.45, 7) is -0.917. The fraction of sp³-hybridized carbons (Fsp3) is 0.222. The molecule has 1 aliphatic heterocycles. The van der Waals surface area contributed by atoms with E-state index in [2.05, 4.69) is 0 Å². The number of rotatable bonds is 7. The third-order valence-electron chi connectivity index (χ3n) is 6.42. The smallest absolute Gasteiger partial charge is 0.338 e. The van der Waals surface area contributed by atoms with Crippen LogP contribution in [-0.2, 0) is 18.9 Å². The molecule has 1 saturated heterocycles. The minimum Gasteiger partial charge on any atom is -0.504 e.